The SMILES string of the molecule is COc1ccc(CN(CCC=O)C(=O)OC(C)(C)C)c(OC)c1. The van der Waals surface area contributed by atoms with Crippen molar-refractivity contribution in [3.8, 4) is 11.5 Å². The summed E-state index contributed by atoms with van der Waals surface area (Å²) in [6.07, 6.45) is 0.567. The highest BCUT2D eigenvalue weighted by Crippen LogP contribution is 2.26. The molecular weight excluding hydrogens is 298 g/mol. The second-order valence-electron chi connectivity index (χ2n) is 6.04. The van der Waals surface area contributed by atoms with Crippen molar-refractivity contribution < 1.29 is 23.8 Å². The predicted molar refractivity (Wildman–Crippen MR) is 86.9 cm³/mol. The number of amides is 1. The minimum atomic E-state index is -0.597. The number of ether oxygens (including phenoxy) is 3. The molecule has 0 aromatic heterocycles. The molecule has 1 rings (SSSR count). The maximum Gasteiger partial charge on any atom is 0.410 e. The zero-order valence-electron chi connectivity index (χ0n) is 14.4. The fourth-order valence-electron chi connectivity index (χ4n) is 1.96. The van der Waals surface area contributed by atoms with Crippen LogP contribution in [0.4, 0.5) is 4.79 Å². The number of nitrogens with zero attached hydrogens (tertiary/aromatic N) is 1. The van der Waals surface area contributed by atoms with Gasteiger partial charge in [-0.15, -0.1) is 0 Å². The zero-order chi connectivity index (χ0) is 17.5. The van der Waals surface area contributed by atoms with Crippen LogP contribution in [0, 0.1) is 0 Å². The van der Waals surface area contributed by atoms with Gasteiger partial charge in [-0.05, 0) is 32.9 Å². The quantitative estimate of drug-likeness (QED) is 0.722. The molecule has 6 heteroatoms. The minimum Gasteiger partial charge on any atom is -0.497 e. The fraction of sp³-hybridized carbons (Fsp3) is 0.529. The number of hydrogen-bond acceptors (Lipinski definition) is 5. The van der Waals surface area contributed by atoms with Gasteiger partial charge in [-0.25, -0.2) is 4.79 Å². The monoisotopic (exact) mass is 323 g/mol. The van der Waals surface area contributed by atoms with E-state index in [4.69, 9.17) is 14.2 Å². The summed E-state index contributed by atoms with van der Waals surface area (Å²) in [5.74, 6) is 1.28. The van der Waals surface area contributed by atoms with Gasteiger partial charge < -0.3 is 23.9 Å². The summed E-state index contributed by atoms with van der Waals surface area (Å²) < 4.78 is 15.9. The Balaban J connectivity index is 2.96. The molecule has 0 aliphatic heterocycles. The van der Waals surface area contributed by atoms with Gasteiger partial charge in [0, 0.05) is 24.6 Å². The summed E-state index contributed by atoms with van der Waals surface area (Å²) in [4.78, 5) is 24.5. The molecule has 128 valence electrons. The first kappa shape index (κ1) is 18.8. The summed E-state index contributed by atoms with van der Waals surface area (Å²) in [6.45, 7) is 5.98. The molecule has 1 amide bonds. The Morgan fingerprint density at radius 3 is 2.43 bits per heavy atom. The number of aldehydes is 1. The molecule has 6 nitrogen and oxygen atoms in total. The topological polar surface area (TPSA) is 65.1 Å². The summed E-state index contributed by atoms with van der Waals surface area (Å²) in [5.41, 5.74) is 0.214. The standard InChI is InChI=1S/C17H25NO5/c1-17(2,3)23-16(20)18(9-6-10-19)12-13-7-8-14(21-4)11-15(13)22-5/h7-8,10-11H,6,9,12H2,1-5H3. The average Bonchev–Trinajstić information content (AvgIpc) is 2.49. The molecule has 0 aliphatic carbocycles. The molecule has 1 aromatic carbocycles. The lowest BCUT2D eigenvalue weighted by atomic mass is 10.1. The molecule has 0 N–H and O–H groups in total. The predicted octanol–water partition coefficient (Wildman–Crippen LogP) is 3.03. The van der Waals surface area contributed by atoms with Gasteiger partial charge in [0.05, 0.1) is 20.8 Å². The molecule has 0 fully saturated rings. The van der Waals surface area contributed by atoms with E-state index in [0.717, 1.165) is 11.8 Å². The number of benzene rings is 1. The zero-order valence-corrected chi connectivity index (χ0v) is 14.4. The van der Waals surface area contributed by atoms with Crippen molar-refractivity contribution in [2.24, 2.45) is 0 Å². The first-order chi connectivity index (χ1) is 10.8. The van der Waals surface area contributed by atoms with Gasteiger partial charge in [0.15, 0.2) is 0 Å². The first-order valence-corrected chi connectivity index (χ1v) is 7.43. The molecule has 1 aromatic rings. The number of carbonyl (C=O) groups is 2. The van der Waals surface area contributed by atoms with Gasteiger partial charge in [0.2, 0.25) is 0 Å². The summed E-state index contributed by atoms with van der Waals surface area (Å²) in [7, 11) is 3.13. The van der Waals surface area contributed by atoms with Gasteiger partial charge in [-0.1, -0.05) is 0 Å². The maximum atomic E-state index is 12.3. The van der Waals surface area contributed by atoms with E-state index in [1.807, 2.05) is 6.07 Å². The Hall–Kier alpha value is -2.24. The van der Waals surface area contributed by atoms with Crippen molar-refractivity contribution in [2.45, 2.75) is 39.3 Å². The second-order valence-corrected chi connectivity index (χ2v) is 6.04. The lowest BCUT2D eigenvalue weighted by Gasteiger charge is -2.27. The molecule has 0 radical (unpaired) electrons. The van der Waals surface area contributed by atoms with E-state index in [-0.39, 0.29) is 19.5 Å². The van der Waals surface area contributed by atoms with Crippen molar-refractivity contribution in [2.75, 3.05) is 20.8 Å². The summed E-state index contributed by atoms with van der Waals surface area (Å²) >= 11 is 0. The van der Waals surface area contributed by atoms with Crippen LogP contribution in [0.1, 0.15) is 32.8 Å². The van der Waals surface area contributed by atoms with Gasteiger partial charge in [0.1, 0.15) is 23.4 Å². The molecule has 0 spiro atoms. The van der Waals surface area contributed by atoms with Gasteiger partial charge in [0.25, 0.3) is 0 Å². The number of rotatable bonds is 7. The number of hydrogen-bond donors (Lipinski definition) is 0. The Morgan fingerprint density at radius 1 is 1.22 bits per heavy atom. The van der Waals surface area contributed by atoms with Crippen molar-refractivity contribution in [3.63, 3.8) is 0 Å². The smallest absolute Gasteiger partial charge is 0.410 e. The lowest BCUT2D eigenvalue weighted by molar-refractivity contribution is -0.108. The van der Waals surface area contributed by atoms with E-state index in [1.54, 1.807) is 47.1 Å². The van der Waals surface area contributed by atoms with Crippen LogP contribution in [-0.4, -0.2) is 43.6 Å². The largest absolute Gasteiger partial charge is 0.497 e. The average molecular weight is 323 g/mol. The van der Waals surface area contributed by atoms with Crippen molar-refractivity contribution in [3.05, 3.63) is 23.8 Å². The van der Waals surface area contributed by atoms with Crippen molar-refractivity contribution in [1.82, 2.24) is 4.90 Å². The fourth-order valence-corrected chi connectivity index (χ4v) is 1.96. The highest BCUT2D eigenvalue weighted by molar-refractivity contribution is 5.69. The molecule has 0 heterocycles. The first-order valence-electron chi connectivity index (χ1n) is 7.43. The third-order valence-corrected chi connectivity index (χ3v) is 3.02. The minimum absolute atomic E-state index is 0.248. The van der Waals surface area contributed by atoms with Gasteiger partial charge in [-0.2, -0.15) is 0 Å². The molecule has 0 bridgehead atoms. The van der Waals surface area contributed by atoms with Crippen LogP contribution < -0.4 is 9.47 Å². The van der Waals surface area contributed by atoms with Crippen molar-refractivity contribution >= 4 is 12.4 Å². The number of methoxy groups -OCH3 is 2. The van der Waals surface area contributed by atoms with Gasteiger partial charge in [-0.3, -0.25) is 0 Å². The second kappa shape index (κ2) is 8.41. The molecular formula is C17H25NO5. The molecule has 0 atom stereocenters. The van der Waals surface area contributed by atoms with Crippen LogP contribution in [-0.2, 0) is 16.1 Å². The van der Waals surface area contributed by atoms with E-state index in [9.17, 15) is 9.59 Å². The van der Waals surface area contributed by atoms with E-state index in [2.05, 4.69) is 0 Å². The van der Waals surface area contributed by atoms with E-state index < -0.39 is 11.7 Å². The Labute approximate surface area is 137 Å². The van der Waals surface area contributed by atoms with E-state index in [1.165, 1.54) is 4.90 Å². The Bertz CT molecular complexity index is 536. The third kappa shape index (κ3) is 6.18. The van der Waals surface area contributed by atoms with Crippen LogP contribution in [0.15, 0.2) is 18.2 Å². The highest BCUT2D eigenvalue weighted by atomic mass is 16.6. The normalized spacial score (nSPS) is 10.8. The van der Waals surface area contributed by atoms with Gasteiger partial charge >= 0.3 is 6.09 Å². The maximum absolute atomic E-state index is 12.3. The third-order valence-electron chi connectivity index (χ3n) is 3.02. The van der Waals surface area contributed by atoms with Crippen LogP contribution in [0.2, 0.25) is 0 Å². The highest BCUT2D eigenvalue weighted by Gasteiger charge is 2.23. The molecule has 0 unspecified atom stereocenters. The molecule has 0 saturated carbocycles. The Kier molecular flexibility index (Phi) is 6.88. The van der Waals surface area contributed by atoms with E-state index in [0.29, 0.717) is 11.5 Å². The van der Waals surface area contributed by atoms with Crippen LogP contribution >= 0.6 is 0 Å². The van der Waals surface area contributed by atoms with Crippen molar-refractivity contribution in [1.29, 1.82) is 0 Å². The van der Waals surface area contributed by atoms with Crippen LogP contribution in [0.5, 0.6) is 11.5 Å². The molecule has 0 saturated heterocycles. The molecule has 0 aliphatic rings. The molecule has 23 heavy (non-hydrogen) atoms. The van der Waals surface area contributed by atoms with E-state index >= 15 is 0 Å². The van der Waals surface area contributed by atoms with Crippen LogP contribution in [0.25, 0.3) is 0 Å². The Morgan fingerprint density at radius 2 is 1.91 bits per heavy atom. The lowest BCUT2D eigenvalue weighted by Crippen LogP contribution is -2.37. The van der Waals surface area contributed by atoms with Crippen LogP contribution in [0.3, 0.4) is 0 Å². The summed E-state index contributed by atoms with van der Waals surface area (Å²) in [6, 6.07) is 5.38. The summed E-state index contributed by atoms with van der Waals surface area (Å²) in [5, 5.41) is 0. The number of carbonyl (C=O) groups excluding carboxylic acids is 2.